The van der Waals surface area contributed by atoms with Crippen molar-refractivity contribution in [3.05, 3.63) is 92.4 Å². The highest BCUT2D eigenvalue weighted by molar-refractivity contribution is 5.72. The lowest BCUT2D eigenvalue weighted by Gasteiger charge is -2.11. The molecule has 0 amide bonds. The third-order valence-electron chi connectivity index (χ3n) is 5.06. The quantitative estimate of drug-likeness (QED) is 0.491. The number of hydrogen-bond acceptors (Lipinski definition) is 4. The van der Waals surface area contributed by atoms with Crippen LogP contribution in [0.15, 0.2) is 64.2 Å². The lowest BCUT2D eigenvalue weighted by Crippen LogP contribution is -2.37. The van der Waals surface area contributed by atoms with Crippen LogP contribution in [-0.2, 0) is 27.1 Å². The van der Waals surface area contributed by atoms with Crippen molar-refractivity contribution in [2.24, 2.45) is 14.1 Å². The molecular formula is C22H21FN4O3. The monoisotopic (exact) mass is 408 g/mol. The molecular weight excluding hydrogens is 387 g/mol. The zero-order chi connectivity index (χ0) is 21.3. The molecule has 8 heteroatoms. The number of aryl methyl sites for hydroxylation is 1. The highest BCUT2D eigenvalue weighted by Gasteiger charge is 2.21. The van der Waals surface area contributed by atoms with E-state index in [9.17, 15) is 14.0 Å². The average Bonchev–Trinajstić information content (AvgIpc) is 3.11. The summed E-state index contributed by atoms with van der Waals surface area (Å²) in [6.07, 6.45) is 0.640. The standard InChI is InChI=1S/C22H21FN4O3/c1-25-19-18(20(28)26(2)22(25)29)27(14-16-10-6-7-11-17(16)23)21(24-19)30-13-12-15-8-4-3-5-9-15/h3-11H,12-14H2,1-2H3. The van der Waals surface area contributed by atoms with Crippen molar-refractivity contribution >= 4 is 11.2 Å². The fourth-order valence-corrected chi connectivity index (χ4v) is 3.39. The molecule has 0 aliphatic carbocycles. The third kappa shape index (κ3) is 3.52. The smallest absolute Gasteiger partial charge is 0.332 e. The number of imidazole rings is 1. The Kier molecular flexibility index (Phi) is 5.22. The number of fused-ring (bicyclic) bond motifs is 1. The van der Waals surface area contributed by atoms with Crippen molar-refractivity contribution in [2.75, 3.05) is 6.61 Å². The Morgan fingerprint density at radius 2 is 1.67 bits per heavy atom. The Hall–Kier alpha value is -3.68. The van der Waals surface area contributed by atoms with Gasteiger partial charge in [0, 0.05) is 26.1 Å². The molecule has 154 valence electrons. The summed E-state index contributed by atoms with van der Waals surface area (Å²) in [6.45, 7) is 0.371. The Labute approximate surface area is 171 Å². The van der Waals surface area contributed by atoms with Gasteiger partial charge < -0.3 is 4.74 Å². The summed E-state index contributed by atoms with van der Waals surface area (Å²) >= 11 is 0. The molecule has 7 nitrogen and oxygen atoms in total. The van der Waals surface area contributed by atoms with Gasteiger partial charge in [0.05, 0.1) is 13.2 Å². The van der Waals surface area contributed by atoms with Gasteiger partial charge in [-0.15, -0.1) is 0 Å². The van der Waals surface area contributed by atoms with Gasteiger partial charge in [0.15, 0.2) is 11.2 Å². The molecule has 4 aromatic rings. The van der Waals surface area contributed by atoms with Crippen molar-refractivity contribution < 1.29 is 9.13 Å². The Bertz CT molecular complexity index is 1320. The minimum absolute atomic E-state index is 0.0529. The van der Waals surface area contributed by atoms with Crippen LogP contribution in [0.2, 0.25) is 0 Å². The Morgan fingerprint density at radius 3 is 2.40 bits per heavy atom. The highest BCUT2D eigenvalue weighted by Crippen LogP contribution is 2.21. The van der Waals surface area contributed by atoms with Crippen LogP contribution in [0.1, 0.15) is 11.1 Å². The second-order valence-corrected chi connectivity index (χ2v) is 7.03. The molecule has 30 heavy (non-hydrogen) atoms. The lowest BCUT2D eigenvalue weighted by molar-refractivity contribution is 0.285. The van der Waals surface area contributed by atoms with E-state index >= 15 is 0 Å². The molecule has 0 spiro atoms. The molecule has 0 saturated heterocycles. The van der Waals surface area contributed by atoms with Crippen LogP contribution in [-0.4, -0.2) is 25.3 Å². The maximum Gasteiger partial charge on any atom is 0.332 e. The number of ether oxygens (including phenoxy) is 1. The molecule has 0 unspecified atom stereocenters. The van der Waals surface area contributed by atoms with Gasteiger partial charge in [0.1, 0.15) is 5.82 Å². The number of aromatic nitrogens is 4. The molecule has 0 atom stereocenters. The van der Waals surface area contributed by atoms with Crippen molar-refractivity contribution in [3.8, 4) is 6.01 Å². The highest BCUT2D eigenvalue weighted by atomic mass is 19.1. The van der Waals surface area contributed by atoms with Crippen LogP contribution in [0.25, 0.3) is 11.2 Å². The predicted molar refractivity (Wildman–Crippen MR) is 111 cm³/mol. The summed E-state index contributed by atoms with van der Waals surface area (Å²) in [6, 6.07) is 16.3. The Balaban J connectivity index is 1.79. The molecule has 0 aliphatic rings. The van der Waals surface area contributed by atoms with Gasteiger partial charge in [-0.05, 0) is 11.6 Å². The molecule has 4 rings (SSSR count). The van der Waals surface area contributed by atoms with Crippen LogP contribution in [0.5, 0.6) is 6.01 Å². The van der Waals surface area contributed by atoms with Crippen LogP contribution < -0.4 is 16.0 Å². The first-order valence-corrected chi connectivity index (χ1v) is 9.53. The van der Waals surface area contributed by atoms with Gasteiger partial charge in [0.25, 0.3) is 11.6 Å². The predicted octanol–water partition coefficient (Wildman–Crippen LogP) is 2.24. The largest absolute Gasteiger partial charge is 0.464 e. The van der Waals surface area contributed by atoms with Crippen LogP contribution in [0.3, 0.4) is 0 Å². The van der Waals surface area contributed by atoms with Gasteiger partial charge in [0.2, 0.25) is 0 Å². The molecule has 2 aromatic carbocycles. The third-order valence-corrected chi connectivity index (χ3v) is 5.06. The number of halogens is 1. The molecule has 0 N–H and O–H groups in total. The van der Waals surface area contributed by atoms with Crippen molar-refractivity contribution in [1.82, 2.24) is 18.7 Å². The molecule has 0 radical (unpaired) electrons. The molecule has 2 heterocycles. The zero-order valence-electron chi connectivity index (χ0n) is 16.7. The number of hydrogen-bond donors (Lipinski definition) is 0. The molecule has 0 saturated carbocycles. The van der Waals surface area contributed by atoms with Crippen molar-refractivity contribution in [2.45, 2.75) is 13.0 Å². The number of benzene rings is 2. The topological polar surface area (TPSA) is 71.1 Å². The fraction of sp³-hybridized carbons (Fsp3) is 0.227. The van der Waals surface area contributed by atoms with Gasteiger partial charge in [-0.1, -0.05) is 48.5 Å². The molecule has 0 bridgehead atoms. The fourth-order valence-electron chi connectivity index (χ4n) is 3.39. The summed E-state index contributed by atoms with van der Waals surface area (Å²) in [4.78, 5) is 29.6. The van der Waals surface area contributed by atoms with Crippen molar-refractivity contribution in [1.29, 1.82) is 0 Å². The zero-order valence-corrected chi connectivity index (χ0v) is 16.7. The maximum atomic E-state index is 14.3. The van der Waals surface area contributed by atoms with Crippen LogP contribution in [0, 0.1) is 5.82 Å². The minimum Gasteiger partial charge on any atom is -0.464 e. The van der Waals surface area contributed by atoms with Crippen LogP contribution >= 0.6 is 0 Å². The molecule has 0 fully saturated rings. The van der Waals surface area contributed by atoms with E-state index in [4.69, 9.17) is 4.74 Å². The van der Waals surface area contributed by atoms with E-state index in [0.717, 1.165) is 10.1 Å². The van der Waals surface area contributed by atoms with E-state index in [2.05, 4.69) is 4.98 Å². The lowest BCUT2D eigenvalue weighted by atomic mass is 10.2. The van der Waals surface area contributed by atoms with E-state index in [0.29, 0.717) is 18.6 Å². The summed E-state index contributed by atoms with van der Waals surface area (Å²) < 4.78 is 24.0. The van der Waals surface area contributed by atoms with E-state index < -0.39 is 17.1 Å². The first-order valence-electron chi connectivity index (χ1n) is 9.53. The van der Waals surface area contributed by atoms with Gasteiger partial charge in [-0.2, -0.15) is 4.98 Å². The number of nitrogens with zero attached hydrogens (tertiary/aromatic N) is 4. The number of rotatable bonds is 6. The summed E-state index contributed by atoms with van der Waals surface area (Å²) in [5.74, 6) is -0.392. The SMILES string of the molecule is Cn1c(=O)c2c(nc(OCCc3ccccc3)n2Cc2ccccc2F)n(C)c1=O. The molecule has 0 aliphatic heterocycles. The van der Waals surface area contributed by atoms with E-state index in [1.54, 1.807) is 18.2 Å². The van der Waals surface area contributed by atoms with Gasteiger partial charge in [-0.25, -0.2) is 9.18 Å². The first kappa shape index (κ1) is 19.6. The maximum absolute atomic E-state index is 14.3. The van der Waals surface area contributed by atoms with Crippen LogP contribution in [0.4, 0.5) is 4.39 Å². The van der Waals surface area contributed by atoms with E-state index in [-0.39, 0.29) is 23.7 Å². The average molecular weight is 408 g/mol. The summed E-state index contributed by atoms with van der Waals surface area (Å²) in [5, 5.41) is 0. The normalized spacial score (nSPS) is 11.2. The van der Waals surface area contributed by atoms with E-state index in [1.807, 2.05) is 30.3 Å². The van der Waals surface area contributed by atoms with Gasteiger partial charge >= 0.3 is 5.69 Å². The summed E-state index contributed by atoms with van der Waals surface area (Å²) in [7, 11) is 2.94. The second-order valence-electron chi connectivity index (χ2n) is 7.03. The Morgan fingerprint density at radius 1 is 0.967 bits per heavy atom. The molecule has 2 aromatic heterocycles. The first-order chi connectivity index (χ1) is 14.5. The second kappa shape index (κ2) is 7.98. The summed E-state index contributed by atoms with van der Waals surface area (Å²) in [5.41, 5.74) is 0.888. The van der Waals surface area contributed by atoms with E-state index in [1.165, 1.54) is 29.3 Å². The van der Waals surface area contributed by atoms with Gasteiger partial charge in [-0.3, -0.25) is 18.5 Å². The minimum atomic E-state index is -0.505. The van der Waals surface area contributed by atoms with Crippen molar-refractivity contribution in [3.63, 3.8) is 0 Å².